The normalized spacial score (nSPS) is 10.7. The highest BCUT2D eigenvalue weighted by atomic mass is 16.7. The highest BCUT2D eigenvalue weighted by molar-refractivity contribution is 5.84. The number of carboxylic acids is 1. The van der Waals surface area contributed by atoms with Crippen molar-refractivity contribution in [3.63, 3.8) is 0 Å². The molecule has 6 N–H and O–H groups in total. The number of hydrogen-bond acceptors (Lipinski definition) is 5. The molecule has 0 amide bonds. The first-order valence-electron chi connectivity index (χ1n) is 5.33. The van der Waals surface area contributed by atoms with Crippen LogP contribution in [0.25, 0.3) is 0 Å². The summed E-state index contributed by atoms with van der Waals surface area (Å²) in [6.07, 6.45) is 0. The lowest BCUT2D eigenvalue weighted by Crippen LogP contribution is -2.41. The van der Waals surface area contributed by atoms with Gasteiger partial charge in [0.15, 0.2) is 5.96 Å². The molecule has 0 radical (unpaired) electrons. The van der Waals surface area contributed by atoms with E-state index >= 15 is 0 Å². The molecule has 0 bridgehead atoms. The van der Waals surface area contributed by atoms with Crippen molar-refractivity contribution in [3.8, 4) is 0 Å². The molecule has 0 fully saturated rings. The smallest absolute Gasteiger partial charge is 0.354 e. The minimum Gasteiger partial charge on any atom is -0.480 e. The third-order valence-electron chi connectivity index (χ3n) is 2.05. The number of carbonyl (C=O) groups is 2. The van der Waals surface area contributed by atoms with Crippen LogP contribution < -0.4 is 11.5 Å². The van der Waals surface area contributed by atoms with E-state index in [4.69, 9.17) is 22.0 Å². The van der Waals surface area contributed by atoms with Gasteiger partial charge in [0, 0.05) is 13.6 Å². The van der Waals surface area contributed by atoms with Gasteiger partial charge in [-0.15, -0.1) is 0 Å². The van der Waals surface area contributed by atoms with Gasteiger partial charge in [0.25, 0.3) is 0 Å². The average Bonchev–Trinajstić information content (AvgIpc) is 2.32. The Bertz CT molecular complexity index is 383. The molecule has 0 aromatic heterocycles. The van der Waals surface area contributed by atoms with Crippen molar-refractivity contribution in [1.29, 1.82) is 5.41 Å². The van der Waals surface area contributed by atoms with Gasteiger partial charge in [-0.3, -0.25) is 10.2 Å². The van der Waals surface area contributed by atoms with Crippen molar-refractivity contribution in [3.05, 3.63) is 0 Å². The zero-order chi connectivity index (χ0) is 15.0. The molecule has 0 saturated carbocycles. The van der Waals surface area contributed by atoms with E-state index in [0.717, 1.165) is 4.90 Å². The molecule has 108 valence electrons. The molecule has 0 rings (SSSR count). The lowest BCUT2D eigenvalue weighted by molar-refractivity contribution is -0.143. The minimum atomic E-state index is -1.08. The molecule has 0 aromatic rings. The van der Waals surface area contributed by atoms with Gasteiger partial charge in [0.1, 0.15) is 13.1 Å². The second-order valence-electron chi connectivity index (χ2n) is 3.56. The monoisotopic (exact) mass is 274 g/mol. The molecule has 0 atom stereocenters. The number of carbonyl (C=O) groups excluding carboxylic acids is 1. The minimum absolute atomic E-state index is 0.219. The van der Waals surface area contributed by atoms with Crippen molar-refractivity contribution in [2.45, 2.75) is 6.92 Å². The van der Waals surface area contributed by atoms with Crippen molar-refractivity contribution in [2.75, 3.05) is 26.7 Å². The van der Waals surface area contributed by atoms with Crippen LogP contribution in [0, 0.1) is 5.41 Å². The largest absolute Gasteiger partial charge is 0.480 e. The van der Waals surface area contributed by atoms with E-state index in [9.17, 15) is 9.59 Å². The summed E-state index contributed by atoms with van der Waals surface area (Å²) in [7, 11) is 1.43. The van der Waals surface area contributed by atoms with Gasteiger partial charge < -0.3 is 31.2 Å². The van der Waals surface area contributed by atoms with E-state index in [0.29, 0.717) is 6.54 Å². The topological polar surface area (TPSA) is 158 Å². The fraction of sp³-hybridized carbons (Fsp3) is 0.556. The molecule has 10 heteroatoms. The van der Waals surface area contributed by atoms with Gasteiger partial charge >= 0.3 is 11.9 Å². The van der Waals surface area contributed by atoms with Crippen LogP contribution in [0.5, 0.6) is 0 Å². The van der Waals surface area contributed by atoms with Crippen LogP contribution in [-0.4, -0.2) is 65.4 Å². The first kappa shape index (κ1) is 16.5. The summed E-state index contributed by atoms with van der Waals surface area (Å²) in [6.45, 7) is 1.36. The predicted molar refractivity (Wildman–Crippen MR) is 67.1 cm³/mol. The Balaban J connectivity index is 4.40. The van der Waals surface area contributed by atoms with Crippen molar-refractivity contribution in [1.82, 2.24) is 9.80 Å². The van der Waals surface area contributed by atoms with Crippen molar-refractivity contribution < 1.29 is 19.5 Å². The molecule has 0 aliphatic heterocycles. The molecule has 0 aliphatic carbocycles. The first-order chi connectivity index (χ1) is 8.77. The molecule has 0 heterocycles. The third-order valence-corrected chi connectivity index (χ3v) is 2.05. The van der Waals surface area contributed by atoms with Gasteiger partial charge in [0.05, 0.1) is 0 Å². The van der Waals surface area contributed by atoms with Gasteiger partial charge in [-0.25, -0.2) is 4.79 Å². The van der Waals surface area contributed by atoms with Crippen LogP contribution in [0.2, 0.25) is 0 Å². The molecule has 0 aliphatic rings. The Hall–Kier alpha value is -2.52. The van der Waals surface area contributed by atoms with Crippen LogP contribution in [0.4, 0.5) is 0 Å². The molecular weight excluding hydrogens is 256 g/mol. The molecule has 0 aromatic carbocycles. The summed E-state index contributed by atoms with van der Waals surface area (Å²) in [5.74, 6) is -2.37. The van der Waals surface area contributed by atoms with Gasteiger partial charge in [-0.2, -0.15) is 0 Å². The quantitative estimate of drug-likeness (QED) is 0.187. The molecule has 19 heavy (non-hydrogen) atoms. The fourth-order valence-electron chi connectivity index (χ4n) is 0.981. The highest BCUT2D eigenvalue weighted by Crippen LogP contribution is 1.91. The number of hydrogen-bond donors (Lipinski definition) is 4. The molecule has 10 nitrogen and oxygen atoms in total. The molecule has 0 spiro atoms. The van der Waals surface area contributed by atoms with E-state index in [1.807, 2.05) is 0 Å². The summed E-state index contributed by atoms with van der Waals surface area (Å²) < 4.78 is 0. The van der Waals surface area contributed by atoms with Crippen LogP contribution >= 0.6 is 0 Å². The maximum absolute atomic E-state index is 11.3. The van der Waals surface area contributed by atoms with Gasteiger partial charge in [-0.1, -0.05) is 0 Å². The molecule has 0 saturated heterocycles. The van der Waals surface area contributed by atoms with E-state index in [1.165, 1.54) is 11.9 Å². The van der Waals surface area contributed by atoms with E-state index < -0.39 is 11.9 Å². The molecule has 0 unspecified atom stereocenters. The maximum Gasteiger partial charge on any atom is 0.354 e. The third kappa shape index (κ3) is 6.71. The van der Waals surface area contributed by atoms with E-state index in [2.05, 4.69) is 9.99 Å². The second-order valence-corrected chi connectivity index (χ2v) is 3.56. The highest BCUT2D eigenvalue weighted by Gasteiger charge is 2.13. The Morgan fingerprint density at radius 3 is 2.37 bits per heavy atom. The van der Waals surface area contributed by atoms with Gasteiger partial charge in [-0.05, 0) is 12.1 Å². The number of guanidine groups is 2. The van der Waals surface area contributed by atoms with Crippen LogP contribution in [-0.2, 0) is 14.4 Å². The van der Waals surface area contributed by atoms with Crippen LogP contribution in [0.15, 0.2) is 5.16 Å². The fourth-order valence-corrected chi connectivity index (χ4v) is 0.981. The van der Waals surface area contributed by atoms with Gasteiger partial charge in [0.2, 0.25) is 5.96 Å². The standard InChI is InChI=1S/C9H18N6O4/c1-3-15(4-6(16)17)9(12)13-19-7(18)5-14(2)8(10)11/h3-5H2,1-2H3,(H3,10,11)(H2,12,13)(H,16,17). The summed E-state index contributed by atoms with van der Waals surface area (Å²) in [4.78, 5) is 28.6. The lowest BCUT2D eigenvalue weighted by Gasteiger charge is -2.18. The Morgan fingerprint density at radius 1 is 1.37 bits per heavy atom. The van der Waals surface area contributed by atoms with Crippen LogP contribution in [0.1, 0.15) is 6.92 Å². The Kier molecular flexibility index (Phi) is 6.71. The number of nitrogens with one attached hydrogen (secondary N) is 1. The van der Waals surface area contributed by atoms with E-state index in [1.54, 1.807) is 6.92 Å². The number of aliphatic carboxylic acids is 1. The number of oxime groups is 1. The Labute approximate surface area is 110 Å². The number of rotatable bonds is 6. The summed E-state index contributed by atoms with van der Waals surface area (Å²) in [5, 5.41) is 19.0. The zero-order valence-electron chi connectivity index (χ0n) is 10.8. The maximum atomic E-state index is 11.3. The number of carboxylic acid groups (broad SMARTS) is 1. The number of likely N-dealkylation sites (N-methyl/N-ethyl adjacent to an activating group) is 2. The zero-order valence-corrected chi connectivity index (χ0v) is 10.8. The first-order valence-corrected chi connectivity index (χ1v) is 5.33. The Morgan fingerprint density at radius 2 is 1.95 bits per heavy atom. The lowest BCUT2D eigenvalue weighted by atomic mass is 10.5. The average molecular weight is 274 g/mol. The predicted octanol–water partition coefficient (Wildman–Crippen LogP) is -2.01. The van der Waals surface area contributed by atoms with Crippen molar-refractivity contribution >= 4 is 23.9 Å². The summed E-state index contributed by atoms with van der Waals surface area (Å²) in [6, 6.07) is 0. The van der Waals surface area contributed by atoms with E-state index in [-0.39, 0.29) is 25.0 Å². The molecular formula is C9H18N6O4. The number of nitrogens with two attached hydrogens (primary N) is 2. The summed E-state index contributed by atoms with van der Waals surface area (Å²) >= 11 is 0. The van der Waals surface area contributed by atoms with Crippen molar-refractivity contribution in [2.24, 2.45) is 16.6 Å². The summed E-state index contributed by atoms with van der Waals surface area (Å²) in [5.41, 5.74) is 10.6. The van der Waals surface area contributed by atoms with Crippen LogP contribution in [0.3, 0.4) is 0 Å². The SMILES string of the molecule is CCN(CC(=O)O)C(N)=NOC(=O)CN(C)C(=N)N. The second kappa shape index (κ2) is 7.74. The number of nitrogens with zero attached hydrogens (tertiary/aromatic N) is 3.